The SMILES string of the molecule is CCCC(NS(=O)(=O)c1cc(C)c(Cl)s1)C(=O)O. The van der Waals surface area contributed by atoms with Gasteiger partial charge in [-0.2, -0.15) is 4.72 Å². The van der Waals surface area contributed by atoms with Crippen molar-refractivity contribution >= 4 is 38.9 Å². The number of thiophene rings is 1. The molecule has 0 radical (unpaired) electrons. The van der Waals surface area contributed by atoms with Crippen molar-refractivity contribution < 1.29 is 18.3 Å². The molecule has 0 saturated carbocycles. The molecule has 102 valence electrons. The van der Waals surface area contributed by atoms with E-state index in [-0.39, 0.29) is 10.6 Å². The van der Waals surface area contributed by atoms with Crippen molar-refractivity contribution in [3.63, 3.8) is 0 Å². The summed E-state index contributed by atoms with van der Waals surface area (Å²) in [6.45, 7) is 3.48. The van der Waals surface area contributed by atoms with Crippen LogP contribution in [0.25, 0.3) is 0 Å². The van der Waals surface area contributed by atoms with Crippen LogP contribution in [0.4, 0.5) is 0 Å². The molecular weight excluding hydrogens is 298 g/mol. The van der Waals surface area contributed by atoms with Crippen molar-refractivity contribution in [3.8, 4) is 0 Å². The normalized spacial score (nSPS) is 13.5. The van der Waals surface area contributed by atoms with Gasteiger partial charge < -0.3 is 5.11 Å². The van der Waals surface area contributed by atoms with Gasteiger partial charge in [-0.05, 0) is 25.0 Å². The van der Waals surface area contributed by atoms with Gasteiger partial charge in [-0.1, -0.05) is 24.9 Å². The molecule has 1 rings (SSSR count). The van der Waals surface area contributed by atoms with Gasteiger partial charge in [0.15, 0.2) is 0 Å². The first-order valence-electron chi connectivity index (χ1n) is 5.29. The van der Waals surface area contributed by atoms with Crippen molar-refractivity contribution in [1.82, 2.24) is 4.72 Å². The molecule has 1 atom stereocenters. The third-order valence-corrected chi connectivity index (χ3v) is 5.77. The fourth-order valence-corrected chi connectivity index (χ4v) is 4.28. The Kier molecular flexibility index (Phi) is 5.15. The Bertz CT molecular complexity index is 519. The van der Waals surface area contributed by atoms with E-state index in [9.17, 15) is 13.2 Å². The van der Waals surface area contributed by atoms with Crippen LogP contribution in [-0.4, -0.2) is 25.5 Å². The van der Waals surface area contributed by atoms with Crippen LogP contribution < -0.4 is 4.72 Å². The van der Waals surface area contributed by atoms with E-state index < -0.39 is 22.0 Å². The van der Waals surface area contributed by atoms with Crippen LogP contribution in [0.5, 0.6) is 0 Å². The number of halogens is 1. The molecule has 0 aliphatic heterocycles. The van der Waals surface area contributed by atoms with E-state index >= 15 is 0 Å². The second-order valence-corrected chi connectivity index (χ2v) is 7.42. The van der Waals surface area contributed by atoms with Crippen LogP contribution in [0.1, 0.15) is 25.3 Å². The predicted molar refractivity (Wildman–Crippen MR) is 70.7 cm³/mol. The number of hydrogen-bond donors (Lipinski definition) is 2. The van der Waals surface area contributed by atoms with Gasteiger partial charge in [0.1, 0.15) is 10.3 Å². The summed E-state index contributed by atoms with van der Waals surface area (Å²) in [5.74, 6) is -1.18. The minimum absolute atomic E-state index is 0.0346. The summed E-state index contributed by atoms with van der Waals surface area (Å²) in [6, 6.07) is 0.321. The lowest BCUT2D eigenvalue weighted by atomic mass is 10.2. The molecule has 18 heavy (non-hydrogen) atoms. The summed E-state index contributed by atoms with van der Waals surface area (Å²) in [6.07, 6.45) is 0.816. The molecule has 0 spiro atoms. The molecule has 0 aliphatic carbocycles. The third-order valence-electron chi connectivity index (χ3n) is 2.27. The number of rotatable bonds is 6. The van der Waals surface area contributed by atoms with Crippen LogP contribution in [0.2, 0.25) is 4.34 Å². The number of carboxylic acids is 1. The van der Waals surface area contributed by atoms with Crippen molar-refractivity contribution in [2.24, 2.45) is 0 Å². The second kappa shape index (κ2) is 6.01. The summed E-state index contributed by atoms with van der Waals surface area (Å²) in [7, 11) is -3.83. The number of sulfonamides is 1. The van der Waals surface area contributed by atoms with Crippen LogP contribution in [-0.2, 0) is 14.8 Å². The molecule has 0 amide bonds. The highest BCUT2D eigenvalue weighted by atomic mass is 35.5. The number of aliphatic carboxylic acids is 1. The molecule has 2 N–H and O–H groups in total. The molecule has 0 saturated heterocycles. The summed E-state index contributed by atoms with van der Waals surface area (Å²) in [4.78, 5) is 10.9. The lowest BCUT2D eigenvalue weighted by Gasteiger charge is -2.12. The quantitative estimate of drug-likeness (QED) is 0.844. The van der Waals surface area contributed by atoms with Gasteiger partial charge >= 0.3 is 5.97 Å². The fraction of sp³-hybridized carbons (Fsp3) is 0.500. The smallest absolute Gasteiger partial charge is 0.321 e. The minimum atomic E-state index is -3.83. The molecule has 1 aromatic rings. The minimum Gasteiger partial charge on any atom is -0.480 e. The van der Waals surface area contributed by atoms with E-state index in [0.29, 0.717) is 16.3 Å². The van der Waals surface area contributed by atoms with E-state index in [4.69, 9.17) is 16.7 Å². The predicted octanol–water partition coefficient (Wildman–Crippen LogP) is 2.24. The number of nitrogens with one attached hydrogen (secondary N) is 1. The highest BCUT2D eigenvalue weighted by molar-refractivity contribution is 7.91. The Morgan fingerprint density at radius 2 is 2.22 bits per heavy atom. The molecule has 1 unspecified atom stereocenters. The molecule has 0 bridgehead atoms. The van der Waals surface area contributed by atoms with Crippen molar-refractivity contribution in [1.29, 1.82) is 0 Å². The Balaban J connectivity index is 2.96. The Morgan fingerprint density at radius 3 is 2.61 bits per heavy atom. The van der Waals surface area contributed by atoms with Gasteiger partial charge in [-0.25, -0.2) is 8.42 Å². The highest BCUT2D eigenvalue weighted by Gasteiger charge is 2.26. The van der Waals surface area contributed by atoms with Gasteiger partial charge in [0.25, 0.3) is 10.0 Å². The molecule has 1 aromatic heterocycles. The maximum atomic E-state index is 12.0. The maximum absolute atomic E-state index is 12.0. The van der Waals surface area contributed by atoms with E-state index in [1.807, 2.05) is 0 Å². The maximum Gasteiger partial charge on any atom is 0.321 e. The zero-order valence-corrected chi connectivity index (χ0v) is 12.3. The summed E-state index contributed by atoms with van der Waals surface area (Å²) in [5, 5.41) is 8.92. The molecule has 0 aromatic carbocycles. The van der Waals surface area contributed by atoms with Gasteiger partial charge in [0, 0.05) is 0 Å². The topological polar surface area (TPSA) is 83.5 Å². The van der Waals surface area contributed by atoms with Crippen LogP contribution in [0.3, 0.4) is 0 Å². The number of aryl methyl sites for hydroxylation is 1. The first-order chi connectivity index (χ1) is 8.27. The molecule has 5 nitrogen and oxygen atoms in total. The lowest BCUT2D eigenvalue weighted by molar-refractivity contribution is -0.139. The van der Waals surface area contributed by atoms with E-state index in [0.717, 1.165) is 11.3 Å². The summed E-state index contributed by atoms with van der Waals surface area (Å²) < 4.78 is 26.5. The Labute approximate surface area is 115 Å². The summed E-state index contributed by atoms with van der Waals surface area (Å²) >= 11 is 6.72. The average Bonchev–Trinajstić information content (AvgIpc) is 2.59. The lowest BCUT2D eigenvalue weighted by Crippen LogP contribution is -2.40. The standard InChI is InChI=1S/C10H14ClNO4S2/c1-3-4-7(10(13)14)12-18(15,16)8-5-6(2)9(11)17-8/h5,7,12H,3-4H2,1-2H3,(H,13,14). The van der Waals surface area contributed by atoms with Crippen LogP contribution in [0, 0.1) is 6.92 Å². The van der Waals surface area contributed by atoms with E-state index in [1.165, 1.54) is 6.07 Å². The molecule has 8 heteroatoms. The largest absolute Gasteiger partial charge is 0.480 e. The number of carbonyl (C=O) groups is 1. The Hall–Kier alpha value is -0.630. The number of hydrogen-bond acceptors (Lipinski definition) is 4. The van der Waals surface area contributed by atoms with Crippen LogP contribution >= 0.6 is 22.9 Å². The number of carboxylic acid groups (broad SMARTS) is 1. The van der Waals surface area contributed by atoms with Gasteiger partial charge in [0.2, 0.25) is 0 Å². The van der Waals surface area contributed by atoms with Crippen molar-refractivity contribution in [2.45, 2.75) is 36.9 Å². The molecule has 0 fully saturated rings. The van der Waals surface area contributed by atoms with Crippen LogP contribution in [0.15, 0.2) is 10.3 Å². The van der Waals surface area contributed by atoms with E-state index in [2.05, 4.69) is 4.72 Å². The van der Waals surface area contributed by atoms with Gasteiger partial charge in [0.05, 0.1) is 4.34 Å². The van der Waals surface area contributed by atoms with Crippen molar-refractivity contribution in [2.75, 3.05) is 0 Å². The monoisotopic (exact) mass is 311 g/mol. The zero-order chi connectivity index (χ0) is 13.9. The second-order valence-electron chi connectivity index (χ2n) is 3.82. The van der Waals surface area contributed by atoms with E-state index in [1.54, 1.807) is 13.8 Å². The first-order valence-corrected chi connectivity index (χ1v) is 7.96. The first kappa shape index (κ1) is 15.4. The zero-order valence-electron chi connectivity index (χ0n) is 9.94. The summed E-state index contributed by atoms with van der Waals surface area (Å²) in [5.41, 5.74) is 0.657. The van der Waals surface area contributed by atoms with Crippen molar-refractivity contribution in [3.05, 3.63) is 16.0 Å². The fourth-order valence-electron chi connectivity index (χ4n) is 1.33. The molecule has 0 aliphatic rings. The average molecular weight is 312 g/mol. The third kappa shape index (κ3) is 3.68. The van der Waals surface area contributed by atoms with Gasteiger partial charge in [-0.15, -0.1) is 11.3 Å². The highest BCUT2D eigenvalue weighted by Crippen LogP contribution is 2.30. The molecular formula is C10H14ClNO4S2. The Morgan fingerprint density at radius 1 is 1.61 bits per heavy atom. The van der Waals surface area contributed by atoms with Gasteiger partial charge in [-0.3, -0.25) is 4.79 Å². The molecule has 1 heterocycles.